The Kier molecular flexibility index (Phi) is 4.65. The summed E-state index contributed by atoms with van der Waals surface area (Å²) in [6.45, 7) is 2.04. The molecule has 1 N–H and O–H groups in total. The maximum atomic E-state index is 12.6. The molecule has 1 heterocycles. The van der Waals surface area contributed by atoms with Crippen molar-refractivity contribution in [1.82, 2.24) is 4.57 Å². The number of rotatable bonds is 5. The molecule has 3 aromatic rings. The third-order valence-electron chi connectivity index (χ3n) is 4.55. The summed E-state index contributed by atoms with van der Waals surface area (Å²) in [5.74, 6) is 1.17. The van der Waals surface area contributed by atoms with Gasteiger partial charge in [-0.2, -0.15) is 0 Å². The van der Waals surface area contributed by atoms with Gasteiger partial charge in [0.15, 0.2) is 0 Å². The van der Waals surface area contributed by atoms with Crippen LogP contribution in [0.3, 0.4) is 0 Å². The van der Waals surface area contributed by atoms with Crippen LogP contribution in [0.4, 0.5) is 5.69 Å². The van der Waals surface area contributed by atoms with Gasteiger partial charge >= 0.3 is 0 Å². The van der Waals surface area contributed by atoms with Crippen LogP contribution in [0.2, 0.25) is 0 Å². The Balaban J connectivity index is 1.88. The maximum Gasteiger partial charge on any atom is 0.228 e. The number of aromatic nitrogens is 1. The summed E-state index contributed by atoms with van der Waals surface area (Å²) in [5.41, 5.74) is 3.86. The van der Waals surface area contributed by atoms with Crippen molar-refractivity contribution >= 4 is 22.5 Å². The van der Waals surface area contributed by atoms with E-state index in [-0.39, 0.29) is 5.91 Å². The van der Waals surface area contributed by atoms with Gasteiger partial charge in [0, 0.05) is 29.7 Å². The molecule has 3 rings (SSSR count). The smallest absolute Gasteiger partial charge is 0.228 e. The highest BCUT2D eigenvalue weighted by Gasteiger charge is 2.16. The quantitative estimate of drug-likeness (QED) is 0.772. The first-order valence-electron chi connectivity index (χ1n) is 8.10. The fourth-order valence-corrected chi connectivity index (χ4v) is 3.09. The Labute approximate surface area is 147 Å². The molecule has 0 aliphatic carbocycles. The van der Waals surface area contributed by atoms with Crippen LogP contribution in [0.5, 0.6) is 11.5 Å². The van der Waals surface area contributed by atoms with Crippen molar-refractivity contribution in [2.24, 2.45) is 7.05 Å². The third kappa shape index (κ3) is 3.18. The van der Waals surface area contributed by atoms with Gasteiger partial charge in [-0.3, -0.25) is 4.79 Å². The minimum Gasteiger partial charge on any atom is -0.497 e. The largest absolute Gasteiger partial charge is 0.497 e. The van der Waals surface area contributed by atoms with Crippen LogP contribution in [0, 0.1) is 6.92 Å². The molecule has 1 aromatic heterocycles. The van der Waals surface area contributed by atoms with Gasteiger partial charge in [-0.05, 0) is 30.7 Å². The summed E-state index contributed by atoms with van der Waals surface area (Å²) in [6, 6.07) is 13.4. The number of fused-ring (bicyclic) bond motifs is 1. The predicted octanol–water partition coefficient (Wildman–Crippen LogP) is 3.69. The zero-order chi connectivity index (χ0) is 18.0. The number of nitrogens with one attached hydrogen (secondary N) is 1. The Hall–Kier alpha value is -2.95. The number of aryl methyl sites for hydroxylation is 1. The van der Waals surface area contributed by atoms with Crippen LogP contribution < -0.4 is 14.8 Å². The summed E-state index contributed by atoms with van der Waals surface area (Å²) in [4.78, 5) is 12.6. The molecule has 0 aliphatic heterocycles. The van der Waals surface area contributed by atoms with Gasteiger partial charge < -0.3 is 19.4 Å². The van der Waals surface area contributed by atoms with Crippen molar-refractivity contribution in [3.63, 3.8) is 0 Å². The lowest BCUT2D eigenvalue weighted by Gasteiger charge is -2.12. The highest BCUT2D eigenvalue weighted by molar-refractivity contribution is 5.97. The van der Waals surface area contributed by atoms with Crippen molar-refractivity contribution in [1.29, 1.82) is 0 Å². The van der Waals surface area contributed by atoms with E-state index in [1.54, 1.807) is 32.4 Å². The van der Waals surface area contributed by atoms with Crippen LogP contribution >= 0.6 is 0 Å². The number of amides is 1. The lowest BCUT2D eigenvalue weighted by molar-refractivity contribution is -0.115. The number of ether oxygens (including phenoxy) is 2. The van der Waals surface area contributed by atoms with Gasteiger partial charge in [0.1, 0.15) is 11.5 Å². The molecule has 0 radical (unpaired) electrons. The summed E-state index contributed by atoms with van der Waals surface area (Å²) >= 11 is 0. The molecule has 25 heavy (non-hydrogen) atoms. The highest BCUT2D eigenvalue weighted by Crippen LogP contribution is 2.30. The molecular formula is C20H22N2O3. The topological polar surface area (TPSA) is 52.5 Å². The van der Waals surface area contributed by atoms with Crippen molar-refractivity contribution < 1.29 is 14.3 Å². The van der Waals surface area contributed by atoms with Gasteiger partial charge in [0.05, 0.1) is 26.3 Å². The Morgan fingerprint density at radius 3 is 2.60 bits per heavy atom. The molecule has 0 bridgehead atoms. The van der Waals surface area contributed by atoms with Gasteiger partial charge in [0.2, 0.25) is 5.91 Å². The number of benzene rings is 2. The molecule has 0 saturated carbocycles. The molecule has 2 aromatic carbocycles. The molecule has 0 atom stereocenters. The zero-order valence-corrected chi connectivity index (χ0v) is 14.9. The molecule has 130 valence electrons. The molecular weight excluding hydrogens is 316 g/mol. The minimum absolute atomic E-state index is 0.0917. The average molecular weight is 338 g/mol. The normalized spacial score (nSPS) is 10.7. The number of hydrogen-bond donors (Lipinski definition) is 1. The lowest BCUT2D eigenvalue weighted by Crippen LogP contribution is -2.15. The van der Waals surface area contributed by atoms with E-state index in [2.05, 4.69) is 22.0 Å². The van der Waals surface area contributed by atoms with Gasteiger partial charge in [-0.25, -0.2) is 0 Å². The van der Waals surface area contributed by atoms with E-state index in [0.29, 0.717) is 23.6 Å². The maximum absolute atomic E-state index is 12.6. The third-order valence-corrected chi connectivity index (χ3v) is 4.55. The monoisotopic (exact) mass is 338 g/mol. The zero-order valence-electron chi connectivity index (χ0n) is 14.9. The average Bonchev–Trinajstić information content (AvgIpc) is 2.87. The molecule has 5 nitrogen and oxygen atoms in total. The van der Waals surface area contributed by atoms with Crippen LogP contribution in [-0.2, 0) is 18.3 Å². The number of anilines is 1. The van der Waals surface area contributed by atoms with Gasteiger partial charge in [-0.15, -0.1) is 0 Å². The first kappa shape index (κ1) is 16.9. The van der Waals surface area contributed by atoms with E-state index in [9.17, 15) is 4.79 Å². The van der Waals surface area contributed by atoms with Crippen LogP contribution in [-0.4, -0.2) is 24.7 Å². The fraction of sp³-hybridized carbons (Fsp3) is 0.250. The minimum atomic E-state index is -0.0917. The number of methoxy groups -OCH3 is 2. The van der Waals surface area contributed by atoms with E-state index < -0.39 is 0 Å². The van der Waals surface area contributed by atoms with E-state index in [4.69, 9.17) is 9.47 Å². The molecule has 1 amide bonds. The van der Waals surface area contributed by atoms with Gasteiger partial charge in [-0.1, -0.05) is 18.2 Å². The number of hydrogen-bond acceptors (Lipinski definition) is 3. The first-order chi connectivity index (χ1) is 12.0. The lowest BCUT2D eigenvalue weighted by atomic mass is 10.1. The SMILES string of the molecule is COc1ccc(OC)c(NC(=O)Cc2c(C)n(C)c3ccccc23)c1. The molecule has 0 fully saturated rings. The fourth-order valence-electron chi connectivity index (χ4n) is 3.09. The summed E-state index contributed by atoms with van der Waals surface area (Å²) in [5, 5.41) is 4.04. The molecule has 0 spiro atoms. The van der Waals surface area contributed by atoms with Crippen LogP contribution in [0.1, 0.15) is 11.3 Å². The second kappa shape index (κ2) is 6.89. The van der Waals surface area contributed by atoms with E-state index >= 15 is 0 Å². The summed E-state index contributed by atoms with van der Waals surface area (Å²) < 4.78 is 12.7. The van der Waals surface area contributed by atoms with Crippen molar-refractivity contribution in [2.75, 3.05) is 19.5 Å². The van der Waals surface area contributed by atoms with E-state index in [0.717, 1.165) is 22.2 Å². The van der Waals surface area contributed by atoms with Crippen molar-refractivity contribution in [2.45, 2.75) is 13.3 Å². The van der Waals surface area contributed by atoms with Gasteiger partial charge in [0.25, 0.3) is 0 Å². The highest BCUT2D eigenvalue weighted by atomic mass is 16.5. The van der Waals surface area contributed by atoms with Crippen LogP contribution in [0.25, 0.3) is 10.9 Å². The second-order valence-electron chi connectivity index (χ2n) is 5.93. The predicted molar refractivity (Wildman–Crippen MR) is 99.5 cm³/mol. The van der Waals surface area contributed by atoms with Crippen LogP contribution in [0.15, 0.2) is 42.5 Å². The Morgan fingerprint density at radius 1 is 1.12 bits per heavy atom. The van der Waals surface area contributed by atoms with E-state index in [1.165, 1.54) is 0 Å². The second-order valence-corrected chi connectivity index (χ2v) is 5.93. The molecule has 0 unspecified atom stereocenters. The Bertz CT molecular complexity index is 928. The Morgan fingerprint density at radius 2 is 1.88 bits per heavy atom. The first-order valence-corrected chi connectivity index (χ1v) is 8.10. The molecule has 0 aliphatic rings. The standard InChI is InChI=1S/C20H22N2O3/c1-13-16(15-7-5-6-8-18(15)22(13)2)12-20(23)21-17-11-14(24-3)9-10-19(17)25-4/h5-11H,12H2,1-4H3,(H,21,23). The number of carbonyl (C=O) groups excluding carboxylic acids is 1. The van der Waals surface area contributed by atoms with E-state index in [1.807, 2.05) is 26.1 Å². The number of carbonyl (C=O) groups is 1. The number of nitrogens with zero attached hydrogens (tertiary/aromatic N) is 1. The number of para-hydroxylation sites is 1. The summed E-state index contributed by atoms with van der Waals surface area (Å²) in [6.07, 6.45) is 0.299. The van der Waals surface area contributed by atoms with Crippen molar-refractivity contribution in [3.05, 3.63) is 53.7 Å². The molecule has 5 heteroatoms. The van der Waals surface area contributed by atoms with Crippen molar-refractivity contribution in [3.8, 4) is 11.5 Å². The summed E-state index contributed by atoms with van der Waals surface area (Å²) in [7, 11) is 5.18. The molecule has 0 saturated heterocycles.